The van der Waals surface area contributed by atoms with E-state index in [9.17, 15) is 23.6 Å². The summed E-state index contributed by atoms with van der Waals surface area (Å²) in [5.74, 6) is -1.44. The van der Waals surface area contributed by atoms with Crippen molar-refractivity contribution in [3.8, 4) is 0 Å². The van der Waals surface area contributed by atoms with Gasteiger partial charge >= 0.3 is 12.1 Å². The van der Waals surface area contributed by atoms with Crippen LogP contribution < -0.4 is 10.6 Å². The van der Waals surface area contributed by atoms with Crippen LogP contribution in [0.2, 0.25) is 0 Å². The molecule has 0 bridgehead atoms. The molecule has 11 nitrogen and oxygen atoms in total. The highest BCUT2D eigenvalue weighted by atomic mass is 19.1. The number of nitrogens with one attached hydrogen (secondary N) is 3. The minimum absolute atomic E-state index is 0.0746. The predicted molar refractivity (Wildman–Crippen MR) is 192 cm³/mol. The molecule has 51 heavy (non-hydrogen) atoms. The maximum atomic E-state index is 14.1. The number of nitrogens with zero attached hydrogens (tertiary/aromatic N) is 1. The average molecular weight is 707 g/mol. The Bertz CT molecular complexity index is 1650. The van der Waals surface area contributed by atoms with Crippen molar-refractivity contribution in [3.63, 3.8) is 0 Å². The molecule has 3 aromatic rings. The number of alkyl carbamates (subject to hydrolysis) is 1. The molecule has 0 unspecified atom stereocenters. The number of esters is 1. The maximum Gasteiger partial charge on any atom is 0.407 e. The predicted octanol–water partition coefficient (Wildman–Crippen LogP) is 6.74. The number of likely N-dealkylation sites (tertiary alicyclic amines) is 1. The summed E-state index contributed by atoms with van der Waals surface area (Å²) in [6.07, 6.45) is 2.83. The van der Waals surface area contributed by atoms with Crippen LogP contribution >= 0.6 is 0 Å². The first-order chi connectivity index (χ1) is 24.5. The van der Waals surface area contributed by atoms with Gasteiger partial charge in [-0.05, 0) is 95.5 Å². The molecule has 2 aromatic carbocycles. The summed E-state index contributed by atoms with van der Waals surface area (Å²) in [5, 5.41) is 6.46. The fourth-order valence-electron chi connectivity index (χ4n) is 7.24. The molecule has 5 rings (SSSR count). The molecule has 1 saturated carbocycles. The fraction of sp³-hybridized carbons (Fsp3) is 0.538. The number of fused-ring (bicyclic) bond motifs is 1. The second-order valence-corrected chi connectivity index (χ2v) is 14.5. The van der Waals surface area contributed by atoms with Crippen LogP contribution in [0.1, 0.15) is 88.2 Å². The summed E-state index contributed by atoms with van der Waals surface area (Å²) in [6.45, 7) is 8.28. The van der Waals surface area contributed by atoms with Crippen molar-refractivity contribution in [2.45, 2.75) is 89.8 Å². The quantitative estimate of drug-likeness (QED) is 0.132. The molecular formula is C39H51FN4O7. The monoisotopic (exact) mass is 706 g/mol. The summed E-state index contributed by atoms with van der Waals surface area (Å²) in [4.78, 5) is 58.0. The average Bonchev–Trinajstić information content (AvgIpc) is 3.75. The fourth-order valence-corrected chi connectivity index (χ4v) is 7.24. The minimum Gasteiger partial charge on any atom is -0.461 e. The molecule has 3 atom stereocenters. The maximum absolute atomic E-state index is 14.1. The van der Waals surface area contributed by atoms with E-state index in [4.69, 9.17) is 14.2 Å². The second kappa shape index (κ2) is 17.2. The number of benzene rings is 2. The lowest BCUT2D eigenvalue weighted by atomic mass is 9.78. The molecule has 2 aliphatic rings. The third-order valence-electron chi connectivity index (χ3n) is 9.71. The number of carbonyl (C=O) groups is 4. The minimum atomic E-state index is -0.728. The Labute approximate surface area is 299 Å². The van der Waals surface area contributed by atoms with E-state index < -0.39 is 36.4 Å². The van der Waals surface area contributed by atoms with E-state index in [0.29, 0.717) is 69.7 Å². The molecule has 0 spiro atoms. The van der Waals surface area contributed by atoms with Gasteiger partial charge in [-0.1, -0.05) is 30.3 Å². The van der Waals surface area contributed by atoms with E-state index in [1.807, 2.05) is 37.3 Å². The van der Waals surface area contributed by atoms with Gasteiger partial charge in [0.15, 0.2) is 0 Å². The number of aromatic nitrogens is 1. The van der Waals surface area contributed by atoms with Crippen LogP contribution in [-0.4, -0.2) is 84.5 Å². The Morgan fingerprint density at radius 3 is 2.41 bits per heavy atom. The SMILES string of the molecule is CCOCCCOC(=O)c1cc2cc(NC(=O)[C@@H]3[C@H](c4ccccc4)CCN3C(=O)C3CCC([C@@H](CF)NC(=O)OC(C)(C)C)CC3)ccc2[nH]1. The molecule has 3 amide bonds. The molecule has 12 heteroatoms. The van der Waals surface area contributed by atoms with Gasteiger partial charge in [0.25, 0.3) is 0 Å². The molecule has 3 N–H and O–H groups in total. The number of ether oxygens (including phenoxy) is 3. The van der Waals surface area contributed by atoms with Gasteiger partial charge in [0.05, 0.1) is 12.6 Å². The summed E-state index contributed by atoms with van der Waals surface area (Å²) in [6, 6.07) is 15.4. The molecule has 1 aliphatic heterocycles. The Morgan fingerprint density at radius 1 is 0.980 bits per heavy atom. The van der Waals surface area contributed by atoms with Gasteiger partial charge in [0.1, 0.15) is 24.0 Å². The molecule has 2 heterocycles. The molecule has 0 radical (unpaired) electrons. The van der Waals surface area contributed by atoms with Crippen molar-refractivity contribution in [2.75, 3.05) is 38.4 Å². The third kappa shape index (κ3) is 9.87. The summed E-state index contributed by atoms with van der Waals surface area (Å²) in [7, 11) is 0. The van der Waals surface area contributed by atoms with Crippen LogP contribution in [-0.2, 0) is 23.8 Å². The van der Waals surface area contributed by atoms with Gasteiger partial charge in [-0.15, -0.1) is 0 Å². The van der Waals surface area contributed by atoms with Crippen molar-refractivity contribution >= 4 is 40.5 Å². The smallest absolute Gasteiger partial charge is 0.407 e. The number of aromatic amines is 1. The van der Waals surface area contributed by atoms with Gasteiger partial charge in [-0.2, -0.15) is 0 Å². The summed E-state index contributed by atoms with van der Waals surface area (Å²) < 4.78 is 30.0. The van der Waals surface area contributed by atoms with Crippen LogP contribution in [0.25, 0.3) is 10.9 Å². The van der Waals surface area contributed by atoms with Gasteiger partial charge in [0.2, 0.25) is 11.8 Å². The lowest BCUT2D eigenvalue weighted by Crippen LogP contribution is -2.49. The number of hydrogen-bond acceptors (Lipinski definition) is 7. The number of alkyl halides is 1. The van der Waals surface area contributed by atoms with E-state index >= 15 is 0 Å². The number of rotatable bonds is 13. The van der Waals surface area contributed by atoms with Crippen molar-refractivity contribution in [1.29, 1.82) is 0 Å². The summed E-state index contributed by atoms with van der Waals surface area (Å²) >= 11 is 0. The molecular weight excluding hydrogens is 655 g/mol. The number of hydrogen-bond donors (Lipinski definition) is 3. The van der Waals surface area contributed by atoms with Crippen LogP contribution in [0.15, 0.2) is 54.6 Å². The highest BCUT2D eigenvalue weighted by molar-refractivity contribution is 6.01. The van der Waals surface area contributed by atoms with Gasteiger partial charge in [-0.3, -0.25) is 9.59 Å². The van der Waals surface area contributed by atoms with Crippen LogP contribution in [0, 0.1) is 11.8 Å². The summed E-state index contributed by atoms with van der Waals surface area (Å²) in [5.41, 5.74) is 1.88. The van der Waals surface area contributed by atoms with Crippen molar-refractivity contribution < 1.29 is 37.8 Å². The van der Waals surface area contributed by atoms with Crippen LogP contribution in [0.4, 0.5) is 14.9 Å². The normalized spacial score (nSPS) is 21.2. The van der Waals surface area contributed by atoms with E-state index in [1.165, 1.54) is 0 Å². The largest absolute Gasteiger partial charge is 0.461 e. The van der Waals surface area contributed by atoms with E-state index in [0.717, 1.165) is 16.5 Å². The Hall–Kier alpha value is -4.45. The first-order valence-corrected chi connectivity index (χ1v) is 18.1. The molecule has 2 fully saturated rings. The topological polar surface area (TPSA) is 139 Å². The first kappa shape index (κ1) is 37.8. The number of H-pyrrole nitrogens is 1. The third-order valence-corrected chi connectivity index (χ3v) is 9.71. The molecule has 1 aromatic heterocycles. The Kier molecular flexibility index (Phi) is 12.7. The van der Waals surface area contributed by atoms with Gasteiger partial charge in [0, 0.05) is 54.6 Å². The lowest BCUT2D eigenvalue weighted by Gasteiger charge is -2.36. The zero-order chi connectivity index (χ0) is 36.5. The zero-order valence-electron chi connectivity index (χ0n) is 30.0. The number of carbonyl (C=O) groups excluding carboxylic acids is 4. The Balaban J connectivity index is 1.25. The Morgan fingerprint density at radius 2 is 1.73 bits per heavy atom. The zero-order valence-corrected chi connectivity index (χ0v) is 30.0. The first-order valence-electron chi connectivity index (χ1n) is 18.1. The highest BCUT2D eigenvalue weighted by Crippen LogP contribution is 2.39. The van der Waals surface area contributed by atoms with Crippen molar-refractivity contribution in [1.82, 2.24) is 15.2 Å². The number of amides is 3. The standard InChI is InChI=1S/C39H51FN4O7/c1-5-49-20-9-21-50-37(47)32-23-28-22-29(16-17-31(28)42-32)41-35(45)34-30(25-10-7-6-8-11-25)18-19-44(34)36(46)27-14-12-26(13-15-27)33(24-40)43-38(48)51-39(2,3)4/h6-8,10-11,16-17,22-23,26-27,30,33-34,42H,5,9,12-15,18-21,24H2,1-4H3,(H,41,45)(H,43,48)/t26?,27?,30-,33+,34-/m0/s1. The highest BCUT2D eigenvalue weighted by Gasteiger charge is 2.45. The lowest BCUT2D eigenvalue weighted by molar-refractivity contribution is -0.141. The second-order valence-electron chi connectivity index (χ2n) is 14.5. The molecule has 276 valence electrons. The van der Waals surface area contributed by atoms with Crippen LogP contribution in [0.5, 0.6) is 0 Å². The van der Waals surface area contributed by atoms with E-state index in [1.54, 1.807) is 49.9 Å². The van der Waals surface area contributed by atoms with Gasteiger partial charge in [-0.25, -0.2) is 14.0 Å². The van der Waals surface area contributed by atoms with E-state index in [2.05, 4.69) is 15.6 Å². The van der Waals surface area contributed by atoms with Crippen molar-refractivity contribution in [3.05, 3.63) is 65.9 Å². The number of anilines is 1. The van der Waals surface area contributed by atoms with Crippen molar-refractivity contribution in [2.24, 2.45) is 11.8 Å². The molecule has 1 saturated heterocycles. The molecule has 1 aliphatic carbocycles. The number of halogens is 1. The van der Waals surface area contributed by atoms with E-state index in [-0.39, 0.29) is 36.2 Å². The van der Waals surface area contributed by atoms with Crippen LogP contribution in [0.3, 0.4) is 0 Å². The van der Waals surface area contributed by atoms with Gasteiger partial charge < -0.3 is 34.7 Å².